The minimum atomic E-state index is -0.671. The monoisotopic (exact) mass is 291 g/mol. The van der Waals surface area contributed by atoms with Gasteiger partial charge in [0, 0.05) is 30.4 Å². The van der Waals surface area contributed by atoms with Crippen LogP contribution >= 0.6 is 0 Å². The van der Waals surface area contributed by atoms with Gasteiger partial charge in [0.2, 0.25) is 0 Å². The van der Waals surface area contributed by atoms with Crippen molar-refractivity contribution in [1.82, 2.24) is 14.5 Å². The Morgan fingerprint density at radius 1 is 1.33 bits per heavy atom. The molecule has 1 saturated heterocycles. The lowest BCUT2D eigenvalue weighted by Gasteiger charge is -2.35. The quantitative estimate of drug-likeness (QED) is 0.926. The number of carbonyl (C=O) groups is 1. The highest BCUT2D eigenvalue weighted by Crippen LogP contribution is 2.31. The molecule has 1 aromatic rings. The zero-order valence-electron chi connectivity index (χ0n) is 13.0. The number of aromatic nitrogens is 2. The molecule has 0 radical (unpaired) electrons. The number of nitrogens with zero attached hydrogens (tertiary/aromatic N) is 3. The number of imidazole rings is 1. The molecular formula is C16H25N3O2. The lowest BCUT2D eigenvalue weighted by molar-refractivity contribution is -0.142. The fraction of sp³-hybridized carbons (Fsp3) is 0.750. The molecular weight excluding hydrogens is 266 g/mol. The van der Waals surface area contributed by atoms with Gasteiger partial charge in [-0.2, -0.15) is 0 Å². The molecule has 116 valence electrons. The highest BCUT2D eigenvalue weighted by Gasteiger charge is 2.30. The molecule has 5 nitrogen and oxygen atoms in total. The highest BCUT2D eigenvalue weighted by molar-refractivity contribution is 5.70. The van der Waals surface area contributed by atoms with Gasteiger partial charge >= 0.3 is 5.97 Å². The minimum absolute atomic E-state index is 0.249. The Bertz CT molecular complexity index is 516. The van der Waals surface area contributed by atoms with Crippen LogP contribution in [-0.4, -0.2) is 44.7 Å². The summed E-state index contributed by atoms with van der Waals surface area (Å²) in [5.74, 6) is 0.691. The van der Waals surface area contributed by atoms with Crippen LogP contribution in [-0.2, 0) is 17.8 Å². The maximum absolute atomic E-state index is 11.3. The number of carboxylic acids is 1. The van der Waals surface area contributed by atoms with Crippen LogP contribution in [0.25, 0.3) is 0 Å². The molecule has 2 aliphatic rings. The summed E-state index contributed by atoms with van der Waals surface area (Å²) in [4.78, 5) is 18.4. The average Bonchev–Trinajstić information content (AvgIpc) is 2.90. The predicted molar refractivity (Wildman–Crippen MR) is 80.4 cm³/mol. The number of aryl methyl sites for hydroxylation is 1. The van der Waals surface area contributed by atoms with Crippen LogP contribution in [0.3, 0.4) is 0 Å². The topological polar surface area (TPSA) is 58.4 Å². The second-order valence-electron chi connectivity index (χ2n) is 6.70. The van der Waals surface area contributed by atoms with E-state index in [4.69, 9.17) is 0 Å². The van der Waals surface area contributed by atoms with Crippen LogP contribution in [0.2, 0.25) is 0 Å². The molecule has 0 amide bonds. The van der Waals surface area contributed by atoms with Crippen molar-refractivity contribution in [3.63, 3.8) is 0 Å². The summed E-state index contributed by atoms with van der Waals surface area (Å²) in [6.45, 7) is 7.33. The molecule has 0 aromatic carbocycles. The molecule has 3 heterocycles. The van der Waals surface area contributed by atoms with E-state index < -0.39 is 5.97 Å². The molecule has 1 aromatic heterocycles. The smallest absolute Gasteiger partial charge is 0.308 e. The molecule has 0 bridgehead atoms. The molecule has 21 heavy (non-hydrogen) atoms. The van der Waals surface area contributed by atoms with Crippen molar-refractivity contribution in [2.75, 3.05) is 13.1 Å². The van der Waals surface area contributed by atoms with Gasteiger partial charge < -0.3 is 14.6 Å². The molecule has 1 unspecified atom stereocenters. The number of piperidine rings is 1. The average molecular weight is 291 g/mol. The van der Waals surface area contributed by atoms with Crippen molar-refractivity contribution < 1.29 is 9.90 Å². The Morgan fingerprint density at radius 3 is 2.67 bits per heavy atom. The molecule has 1 atom stereocenters. The van der Waals surface area contributed by atoms with Gasteiger partial charge in [0.05, 0.1) is 5.92 Å². The van der Waals surface area contributed by atoms with Crippen molar-refractivity contribution in [2.45, 2.75) is 58.0 Å². The number of aliphatic carboxylic acids is 1. The first kappa shape index (κ1) is 14.6. The van der Waals surface area contributed by atoms with Gasteiger partial charge in [-0.15, -0.1) is 0 Å². The Kier molecular flexibility index (Phi) is 4.02. The molecule has 1 fully saturated rings. The fourth-order valence-corrected chi connectivity index (χ4v) is 3.67. The first-order chi connectivity index (χ1) is 10.1. The van der Waals surface area contributed by atoms with Gasteiger partial charge in [-0.3, -0.25) is 4.79 Å². The lowest BCUT2D eigenvalue weighted by atomic mass is 9.93. The fourth-order valence-electron chi connectivity index (χ4n) is 3.67. The van der Waals surface area contributed by atoms with Crippen molar-refractivity contribution in [3.8, 4) is 0 Å². The molecule has 0 spiro atoms. The van der Waals surface area contributed by atoms with Crippen LogP contribution in [0, 0.1) is 5.92 Å². The second kappa shape index (κ2) is 5.79. The maximum atomic E-state index is 11.3. The van der Waals surface area contributed by atoms with Gasteiger partial charge in [-0.25, -0.2) is 4.98 Å². The summed E-state index contributed by atoms with van der Waals surface area (Å²) in [5, 5.41) is 9.26. The van der Waals surface area contributed by atoms with E-state index in [-0.39, 0.29) is 5.92 Å². The standard InChI is InChI=1S/C16H25N3O2/c1-11(2)18-7-5-12(6-8-18)15-17-9-14-4-3-13(16(20)21)10-19(14)15/h9,11-13H,3-8,10H2,1-2H3,(H,20,21). The summed E-state index contributed by atoms with van der Waals surface area (Å²) >= 11 is 0. The van der Waals surface area contributed by atoms with E-state index in [2.05, 4.69) is 28.3 Å². The predicted octanol–water partition coefficient (Wildman–Crippen LogP) is 2.12. The molecule has 2 aliphatic heterocycles. The van der Waals surface area contributed by atoms with Crippen LogP contribution in [0.1, 0.15) is 50.5 Å². The molecule has 1 N–H and O–H groups in total. The van der Waals surface area contributed by atoms with Gasteiger partial charge in [0.15, 0.2) is 0 Å². The Morgan fingerprint density at radius 2 is 2.05 bits per heavy atom. The SMILES string of the molecule is CC(C)N1CCC(c2ncc3n2CC(C(=O)O)CC3)CC1. The van der Waals surface area contributed by atoms with E-state index in [1.165, 1.54) is 5.69 Å². The normalized spacial score (nSPS) is 24.2. The van der Waals surface area contributed by atoms with Crippen LogP contribution in [0.4, 0.5) is 0 Å². The zero-order chi connectivity index (χ0) is 15.0. The van der Waals surface area contributed by atoms with Gasteiger partial charge in [0.1, 0.15) is 5.82 Å². The van der Waals surface area contributed by atoms with Gasteiger partial charge in [-0.05, 0) is 52.6 Å². The summed E-state index contributed by atoms with van der Waals surface area (Å²) in [5.41, 5.74) is 1.22. The van der Waals surface area contributed by atoms with E-state index in [1.807, 2.05) is 6.20 Å². The van der Waals surface area contributed by atoms with Gasteiger partial charge in [0.25, 0.3) is 0 Å². The zero-order valence-corrected chi connectivity index (χ0v) is 13.0. The molecule has 0 saturated carbocycles. The maximum Gasteiger partial charge on any atom is 0.308 e. The Hall–Kier alpha value is -1.36. The highest BCUT2D eigenvalue weighted by atomic mass is 16.4. The summed E-state index contributed by atoms with van der Waals surface area (Å²) in [6.07, 6.45) is 5.81. The van der Waals surface area contributed by atoms with Crippen LogP contribution in [0.15, 0.2) is 6.20 Å². The van der Waals surface area contributed by atoms with Crippen LogP contribution in [0.5, 0.6) is 0 Å². The van der Waals surface area contributed by atoms with Crippen LogP contribution < -0.4 is 0 Å². The summed E-state index contributed by atoms with van der Waals surface area (Å²) in [6, 6.07) is 0.608. The van der Waals surface area contributed by atoms with E-state index in [0.717, 1.165) is 44.6 Å². The first-order valence-electron chi connectivity index (χ1n) is 8.07. The van der Waals surface area contributed by atoms with Crippen molar-refractivity contribution in [2.24, 2.45) is 5.92 Å². The number of rotatable bonds is 3. The number of hydrogen-bond donors (Lipinski definition) is 1. The summed E-state index contributed by atoms with van der Waals surface area (Å²) < 4.78 is 2.19. The number of likely N-dealkylation sites (tertiary alicyclic amines) is 1. The van der Waals surface area contributed by atoms with Crippen molar-refractivity contribution >= 4 is 5.97 Å². The second-order valence-corrected chi connectivity index (χ2v) is 6.70. The van der Waals surface area contributed by atoms with Gasteiger partial charge in [-0.1, -0.05) is 0 Å². The number of fused-ring (bicyclic) bond motifs is 1. The molecule has 0 aliphatic carbocycles. The largest absolute Gasteiger partial charge is 0.481 e. The molecule has 3 rings (SSSR count). The van der Waals surface area contributed by atoms with E-state index in [1.54, 1.807) is 0 Å². The van der Waals surface area contributed by atoms with E-state index >= 15 is 0 Å². The Balaban J connectivity index is 1.73. The third-order valence-corrected chi connectivity index (χ3v) is 5.10. The third-order valence-electron chi connectivity index (χ3n) is 5.10. The van der Waals surface area contributed by atoms with E-state index in [0.29, 0.717) is 18.5 Å². The first-order valence-corrected chi connectivity index (χ1v) is 8.07. The van der Waals surface area contributed by atoms with E-state index in [9.17, 15) is 9.90 Å². The van der Waals surface area contributed by atoms with Crippen molar-refractivity contribution in [1.29, 1.82) is 0 Å². The molecule has 5 heteroatoms. The third kappa shape index (κ3) is 2.84. The number of carboxylic acid groups (broad SMARTS) is 1. The van der Waals surface area contributed by atoms with Crippen molar-refractivity contribution in [3.05, 3.63) is 17.7 Å². The summed E-state index contributed by atoms with van der Waals surface area (Å²) in [7, 11) is 0. The lowest BCUT2D eigenvalue weighted by Crippen LogP contribution is -2.38. The number of hydrogen-bond acceptors (Lipinski definition) is 3. The Labute approximate surface area is 126 Å². The minimum Gasteiger partial charge on any atom is -0.481 e.